The number of carbonyl (C=O) groups is 2. The van der Waals surface area contributed by atoms with Gasteiger partial charge >= 0.3 is 0 Å². The van der Waals surface area contributed by atoms with E-state index in [2.05, 4.69) is 0 Å². The highest BCUT2D eigenvalue weighted by Gasteiger charge is 2.36. The van der Waals surface area contributed by atoms with Gasteiger partial charge in [0.1, 0.15) is 0 Å². The maximum absolute atomic E-state index is 13.1. The Bertz CT molecular complexity index is 1060. The van der Waals surface area contributed by atoms with Crippen LogP contribution in [0.15, 0.2) is 35.2 Å². The van der Waals surface area contributed by atoms with Crippen molar-refractivity contribution in [3.05, 3.63) is 35.9 Å². The molecule has 0 aliphatic carbocycles. The lowest BCUT2D eigenvalue weighted by Crippen LogP contribution is -2.37. The number of hydrogen-bond donors (Lipinski definition) is 0. The van der Waals surface area contributed by atoms with Crippen molar-refractivity contribution in [2.24, 2.45) is 5.41 Å². The number of rotatable bonds is 6. The molecule has 0 atom stereocenters. The summed E-state index contributed by atoms with van der Waals surface area (Å²) in [5.74, 6) is -0.322. The van der Waals surface area contributed by atoms with E-state index in [1.807, 2.05) is 20.8 Å². The van der Waals surface area contributed by atoms with Gasteiger partial charge in [-0.1, -0.05) is 46.8 Å². The van der Waals surface area contributed by atoms with E-state index >= 15 is 0 Å². The molecular formula is C21H26N2O4S. The molecule has 1 aliphatic heterocycles. The number of benzene rings is 2. The summed E-state index contributed by atoms with van der Waals surface area (Å²) < 4.78 is 27.6. The van der Waals surface area contributed by atoms with Crippen molar-refractivity contribution >= 4 is 38.2 Å². The second kappa shape index (κ2) is 6.97. The molecular weight excluding hydrogens is 376 g/mol. The highest BCUT2D eigenvalue weighted by atomic mass is 32.2. The second-order valence-electron chi connectivity index (χ2n) is 7.96. The molecule has 1 heterocycles. The van der Waals surface area contributed by atoms with Gasteiger partial charge in [-0.2, -0.15) is 4.31 Å². The zero-order valence-corrected chi connectivity index (χ0v) is 17.8. The zero-order chi connectivity index (χ0) is 20.9. The monoisotopic (exact) mass is 402 g/mol. The van der Waals surface area contributed by atoms with Gasteiger partial charge < -0.3 is 4.90 Å². The van der Waals surface area contributed by atoms with Crippen LogP contribution in [0.3, 0.4) is 0 Å². The van der Waals surface area contributed by atoms with Crippen LogP contribution in [0.25, 0.3) is 10.8 Å². The Kier molecular flexibility index (Phi) is 5.10. The van der Waals surface area contributed by atoms with Crippen LogP contribution in [0.4, 0.5) is 5.69 Å². The standard InChI is InChI=1S/C21H26N2O4S/c1-6-22(7-2)28(26,27)17-12-11-16-19-14(17)9-8-10-15(19)20(25)23(16)13-18(24)21(3,4)5/h8-12H,6-7,13H2,1-5H3. The van der Waals surface area contributed by atoms with Crippen molar-refractivity contribution in [2.45, 2.75) is 39.5 Å². The average Bonchev–Trinajstić information content (AvgIpc) is 2.89. The van der Waals surface area contributed by atoms with Crippen molar-refractivity contribution in [1.29, 1.82) is 0 Å². The third-order valence-electron chi connectivity index (χ3n) is 5.21. The molecule has 0 unspecified atom stereocenters. The van der Waals surface area contributed by atoms with Crippen LogP contribution < -0.4 is 4.90 Å². The molecule has 0 saturated heterocycles. The van der Waals surface area contributed by atoms with E-state index in [1.54, 1.807) is 44.2 Å². The molecule has 1 amide bonds. The molecule has 0 N–H and O–H groups in total. The van der Waals surface area contributed by atoms with Gasteiger partial charge in [0, 0.05) is 34.8 Å². The average molecular weight is 403 g/mol. The van der Waals surface area contributed by atoms with Crippen molar-refractivity contribution in [2.75, 3.05) is 24.5 Å². The summed E-state index contributed by atoms with van der Waals surface area (Å²) in [6.45, 7) is 9.75. The summed E-state index contributed by atoms with van der Waals surface area (Å²) >= 11 is 0. The fourth-order valence-electron chi connectivity index (χ4n) is 3.48. The van der Waals surface area contributed by atoms with Crippen molar-refractivity contribution in [3.63, 3.8) is 0 Å². The summed E-state index contributed by atoms with van der Waals surface area (Å²) in [6.07, 6.45) is 0. The zero-order valence-electron chi connectivity index (χ0n) is 16.9. The van der Waals surface area contributed by atoms with Crippen LogP contribution in [-0.4, -0.2) is 44.0 Å². The first-order valence-electron chi connectivity index (χ1n) is 9.45. The van der Waals surface area contributed by atoms with Crippen LogP contribution in [0.2, 0.25) is 0 Å². The third kappa shape index (κ3) is 3.12. The molecule has 0 radical (unpaired) electrons. The van der Waals surface area contributed by atoms with E-state index in [0.29, 0.717) is 35.1 Å². The van der Waals surface area contributed by atoms with Crippen LogP contribution in [0.5, 0.6) is 0 Å². The fourth-order valence-corrected chi connectivity index (χ4v) is 5.13. The van der Waals surface area contributed by atoms with Crippen LogP contribution in [0.1, 0.15) is 45.0 Å². The van der Waals surface area contributed by atoms with E-state index in [4.69, 9.17) is 0 Å². The maximum Gasteiger partial charge on any atom is 0.259 e. The minimum Gasteiger partial charge on any atom is -0.300 e. The molecule has 7 heteroatoms. The Hall–Kier alpha value is -2.25. The number of hydrogen-bond acceptors (Lipinski definition) is 4. The van der Waals surface area contributed by atoms with E-state index in [-0.39, 0.29) is 23.1 Å². The first-order chi connectivity index (χ1) is 13.0. The van der Waals surface area contributed by atoms with E-state index < -0.39 is 15.4 Å². The smallest absolute Gasteiger partial charge is 0.259 e. The van der Waals surface area contributed by atoms with Gasteiger partial charge in [-0.15, -0.1) is 0 Å². The van der Waals surface area contributed by atoms with Gasteiger partial charge in [0.25, 0.3) is 5.91 Å². The van der Waals surface area contributed by atoms with Crippen molar-refractivity contribution in [3.8, 4) is 0 Å². The fraction of sp³-hybridized carbons (Fsp3) is 0.429. The van der Waals surface area contributed by atoms with Crippen molar-refractivity contribution < 1.29 is 18.0 Å². The highest BCUT2D eigenvalue weighted by molar-refractivity contribution is 7.89. The molecule has 1 aliphatic rings. The van der Waals surface area contributed by atoms with Gasteiger partial charge in [0.15, 0.2) is 5.78 Å². The van der Waals surface area contributed by atoms with Gasteiger partial charge in [0.2, 0.25) is 10.0 Å². The lowest BCUT2D eigenvalue weighted by molar-refractivity contribution is -0.124. The van der Waals surface area contributed by atoms with E-state index in [9.17, 15) is 18.0 Å². The van der Waals surface area contributed by atoms with Crippen LogP contribution in [-0.2, 0) is 14.8 Å². The number of anilines is 1. The molecule has 0 aromatic heterocycles. The van der Waals surface area contributed by atoms with Crippen LogP contribution in [0, 0.1) is 5.41 Å². The highest BCUT2D eigenvalue weighted by Crippen LogP contribution is 2.41. The number of ketones is 1. The number of Topliss-reactive ketones (excluding diaryl/α,β-unsaturated/α-hetero) is 1. The van der Waals surface area contributed by atoms with E-state index in [1.165, 1.54) is 9.21 Å². The minimum absolute atomic E-state index is 0.0335. The van der Waals surface area contributed by atoms with E-state index in [0.717, 1.165) is 0 Å². The first-order valence-corrected chi connectivity index (χ1v) is 10.9. The molecule has 28 heavy (non-hydrogen) atoms. The number of nitrogens with zero attached hydrogens (tertiary/aromatic N) is 2. The predicted molar refractivity (Wildman–Crippen MR) is 110 cm³/mol. The summed E-state index contributed by atoms with van der Waals surface area (Å²) in [4.78, 5) is 27.1. The lowest BCUT2D eigenvalue weighted by Gasteiger charge is -2.23. The molecule has 0 fully saturated rings. The number of sulfonamides is 1. The third-order valence-corrected chi connectivity index (χ3v) is 7.31. The molecule has 3 rings (SSSR count). The predicted octanol–water partition coefficient (Wildman–Crippen LogP) is 3.45. The summed E-state index contributed by atoms with van der Waals surface area (Å²) in [5.41, 5.74) is 0.456. The second-order valence-corrected chi connectivity index (χ2v) is 9.87. The summed E-state index contributed by atoms with van der Waals surface area (Å²) in [6, 6.07) is 8.28. The van der Waals surface area contributed by atoms with Gasteiger partial charge in [-0.25, -0.2) is 8.42 Å². The maximum atomic E-state index is 13.1. The molecule has 2 aromatic carbocycles. The molecule has 6 nitrogen and oxygen atoms in total. The Morgan fingerprint density at radius 3 is 2.29 bits per heavy atom. The lowest BCUT2D eigenvalue weighted by atomic mass is 9.90. The minimum atomic E-state index is -3.68. The topological polar surface area (TPSA) is 74.8 Å². The SMILES string of the molecule is CCN(CC)S(=O)(=O)c1ccc2c3c(cccc13)C(=O)N2CC(=O)C(C)(C)C. The van der Waals surface area contributed by atoms with Gasteiger partial charge in [-0.3, -0.25) is 9.59 Å². The Morgan fingerprint density at radius 2 is 1.71 bits per heavy atom. The summed E-state index contributed by atoms with van der Waals surface area (Å²) in [7, 11) is -3.68. The molecule has 0 saturated carbocycles. The van der Waals surface area contributed by atoms with Crippen LogP contribution >= 0.6 is 0 Å². The Balaban J connectivity index is 2.18. The number of amides is 1. The van der Waals surface area contributed by atoms with Gasteiger partial charge in [-0.05, 0) is 18.2 Å². The molecule has 0 bridgehead atoms. The molecule has 0 spiro atoms. The Labute approximate surface area is 166 Å². The summed E-state index contributed by atoms with van der Waals surface area (Å²) in [5, 5.41) is 1.11. The van der Waals surface area contributed by atoms with Gasteiger partial charge in [0.05, 0.1) is 17.1 Å². The quantitative estimate of drug-likeness (QED) is 0.742. The molecule has 2 aromatic rings. The molecule has 150 valence electrons. The Morgan fingerprint density at radius 1 is 1.07 bits per heavy atom. The largest absolute Gasteiger partial charge is 0.300 e. The first kappa shape index (κ1) is 20.5. The number of carbonyl (C=O) groups excluding carboxylic acids is 2. The normalized spacial score (nSPS) is 14.4. The van der Waals surface area contributed by atoms with Crippen molar-refractivity contribution in [1.82, 2.24) is 4.31 Å².